The van der Waals surface area contributed by atoms with Crippen LogP contribution in [0.25, 0.3) is 5.82 Å². The van der Waals surface area contributed by atoms with Gasteiger partial charge in [0.15, 0.2) is 17.2 Å². The van der Waals surface area contributed by atoms with E-state index < -0.39 is 11.7 Å². The second-order valence-corrected chi connectivity index (χ2v) is 7.64. The van der Waals surface area contributed by atoms with E-state index in [9.17, 15) is 9.18 Å². The maximum absolute atomic E-state index is 14.0. The van der Waals surface area contributed by atoms with Crippen LogP contribution in [0.2, 0.25) is 5.02 Å². The number of anilines is 1. The fourth-order valence-corrected chi connectivity index (χ4v) is 3.35. The van der Waals surface area contributed by atoms with Crippen molar-refractivity contribution < 1.29 is 23.3 Å². The fraction of sp³-hybridized carbons (Fsp3) is 0.182. The van der Waals surface area contributed by atoms with Gasteiger partial charge in [-0.05, 0) is 60.1 Å². The highest BCUT2D eigenvalue weighted by Gasteiger charge is 2.22. The highest BCUT2D eigenvalue weighted by atomic mass is 35.5. The standard InChI is InChI=1S/C22H20ClFN8O4/c1-3-34-18-9-13(7-8-17(18)35-11-14-15(23)5-4-6-16(14)24)10-26-28-22(33)19-12(2)27-31-32(19)21-20(25)29-36-30-21/h4-10H,3,11H2,1-2H3,(H2,25,29)(H,28,33). The van der Waals surface area contributed by atoms with E-state index in [0.717, 1.165) is 4.68 Å². The predicted molar refractivity (Wildman–Crippen MR) is 127 cm³/mol. The van der Waals surface area contributed by atoms with Gasteiger partial charge in [-0.3, -0.25) is 4.79 Å². The summed E-state index contributed by atoms with van der Waals surface area (Å²) >= 11 is 6.07. The van der Waals surface area contributed by atoms with Crippen LogP contribution in [0.3, 0.4) is 0 Å². The maximum atomic E-state index is 14.0. The van der Waals surface area contributed by atoms with Crippen molar-refractivity contribution in [2.75, 3.05) is 12.3 Å². The first-order valence-corrected chi connectivity index (χ1v) is 10.9. The zero-order valence-corrected chi connectivity index (χ0v) is 19.9. The number of hydrogen-bond acceptors (Lipinski definition) is 10. The number of hydrogen-bond donors (Lipinski definition) is 2. The molecule has 0 saturated carbocycles. The van der Waals surface area contributed by atoms with Crippen LogP contribution in [-0.4, -0.2) is 44.0 Å². The van der Waals surface area contributed by atoms with E-state index in [4.69, 9.17) is 26.8 Å². The molecule has 0 spiro atoms. The van der Waals surface area contributed by atoms with Gasteiger partial charge in [0.1, 0.15) is 12.4 Å². The van der Waals surface area contributed by atoms with E-state index >= 15 is 0 Å². The molecule has 0 fully saturated rings. The highest BCUT2D eigenvalue weighted by molar-refractivity contribution is 6.31. The van der Waals surface area contributed by atoms with Crippen LogP contribution in [0.5, 0.6) is 11.5 Å². The van der Waals surface area contributed by atoms with Crippen LogP contribution < -0.4 is 20.6 Å². The van der Waals surface area contributed by atoms with Gasteiger partial charge in [0.2, 0.25) is 11.6 Å². The van der Waals surface area contributed by atoms with Gasteiger partial charge < -0.3 is 15.2 Å². The van der Waals surface area contributed by atoms with Gasteiger partial charge in [-0.25, -0.2) is 14.4 Å². The second-order valence-electron chi connectivity index (χ2n) is 7.24. The van der Waals surface area contributed by atoms with Crippen LogP contribution in [0.15, 0.2) is 46.1 Å². The predicted octanol–water partition coefficient (Wildman–Crippen LogP) is 3.08. The second kappa shape index (κ2) is 10.8. The van der Waals surface area contributed by atoms with Gasteiger partial charge in [0, 0.05) is 5.56 Å². The lowest BCUT2D eigenvalue weighted by Crippen LogP contribution is -2.22. The minimum atomic E-state index is -0.608. The lowest BCUT2D eigenvalue weighted by Gasteiger charge is -2.13. The molecule has 0 bridgehead atoms. The average molecular weight is 515 g/mol. The van der Waals surface area contributed by atoms with E-state index in [1.54, 1.807) is 31.2 Å². The molecule has 2 aromatic carbocycles. The number of benzene rings is 2. The molecule has 0 radical (unpaired) electrons. The van der Waals surface area contributed by atoms with Gasteiger partial charge in [-0.2, -0.15) is 9.78 Å². The third kappa shape index (κ3) is 5.25. The van der Waals surface area contributed by atoms with Crippen LogP contribution in [-0.2, 0) is 6.61 Å². The van der Waals surface area contributed by atoms with Crippen LogP contribution in [0, 0.1) is 12.7 Å². The van der Waals surface area contributed by atoms with Gasteiger partial charge in [-0.1, -0.05) is 22.9 Å². The number of carbonyl (C=O) groups excluding carboxylic acids is 1. The van der Waals surface area contributed by atoms with Crippen molar-refractivity contribution in [1.82, 2.24) is 30.7 Å². The Hall–Kier alpha value is -4.52. The Kier molecular flexibility index (Phi) is 7.39. The van der Waals surface area contributed by atoms with E-state index in [2.05, 4.69) is 35.8 Å². The molecule has 1 amide bonds. The smallest absolute Gasteiger partial charge is 0.292 e. The third-order valence-corrected chi connectivity index (χ3v) is 5.19. The molecule has 12 nitrogen and oxygen atoms in total. The summed E-state index contributed by atoms with van der Waals surface area (Å²) in [6.45, 7) is 3.69. The number of rotatable bonds is 9. The number of nitrogens with two attached hydrogens (primary N) is 1. The highest BCUT2D eigenvalue weighted by Crippen LogP contribution is 2.30. The van der Waals surface area contributed by atoms with Crippen molar-refractivity contribution in [3.63, 3.8) is 0 Å². The Morgan fingerprint density at radius 2 is 2.11 bits per heavy atom. The molecule has 2 aromatic heterocycles. The van der Waals surface area contributed by atoms with E-state index in [-0.39, 0.29) is 34.5 Å². The van der Waals surface area contributed by atoms with Crippen molar-refractivity contribution in [3.05, 3.63) is 69.8 Å². The summed E-state index contributed by atoms with van der Waals surface area (Å²) in [5.74, 6) is -0.301. The van der Waals surface area contributed by atoms with Crippen molar-refractivity contribution in [2.45, 2.75) is 20.5 Å². The monoisotopic (exact) mass is 514 g/mol. The molecular weight excluding hydrogens is 495 g/mol. The molecule has 4 aromatic rings. The molecule has 2 heterocycles. The minimum Gasteiger partial charge on any atom is -0.490 e. The molecule has 0 aliphatic rings. The normalized spacial score (nSPS) is 11.1. The van der Waals surface area contributed by atoms with Gasteiger partial charge >= 0.3 is 0 Å². The number of nitrogen functional groups attached to an aromatic ring is 1. The first kappa shape index (κ1) is 24.6. The molecule has 3 N–H and O–H groups in total. The largest absolute Gasteiger partial charge is 0.490 e. The quantitative estimate of drug-likeness (QED) is 0.253. The van der Waals surface area contributed by atoms with E-state index in [1.807, 2.05) is 6.92 Å². The van der Waals surface area contributed by atoms with Crippen LogP contribution in [0.4, 0.5) is 10.2 Å². The Morgan fingerprint density at radius 3 is 2.83 bits per heavy atom. The van der Waals surface area contributed by atoms with Crippen LogP contribution in [0.1, 0.15) is 34.2 Å². The summed E-state index contributed by atoms with van der Waals surface area (Å²) in [6.07, 6.45) is 1.41. The topological polar surface area (TPSA) is 156 Å². The van der Waals surface area contributed by atoms with Gasteiger partial charge in [-0.15, -0.1) is 5.10 Å². The van der Waals surface area contributed by atoms with E-state index in [1.165, 1.54) is 18.3 Å². The summed E-state index contributed by atoms with van der Waals surface area (Å²) in [5, 5.41) is 19.1. The number of nitrogens with zero attached hydrogens (tertiary/aromatic N) is 6. The Balaban J connectivity index is 1.47. The average Bonchev–Trinajstić information content (AvgIpc) is 3.44. The molecule has 0 unspecified atom stereocenters. The number of halogens is 2. The summed E-state index contributed by atoms with van der Waals surface area (Å²) < 4.78 is 31.1. The van der Waals surface area contributed by atoms with Crippen molar-refractivity contribution in [3.8, 4) is 17.3 Å². The summed E-state index contributed by atoms with van der Waals surface area (Å²) in [5.41, 5.74) is 9.30. The van der Waals surface area contributed by atoms with E-state index in [0.29, 0.717) is 29.4 Å². The lowest BCUT2D eigenvalue weighted by atomic mass is 10.2. The minimum absolute atomic E-state index is 0.0262. The summed E-state index contributed by atoms with van der Waals surface area (Å²) in [4.78, 5) is 12.7. The number of amides is 1. The van der Waals surface area contributed by atoms with Gasteiger partial charge in [0.25, 0.3) is 5.91 Å². The lowest BCUT2D eigenvalue weighted by molar-refractivity contribution is 0.0946. The number of hydrazone groups is 1. The summed E-state index contributed by atoms with van der Waals surface area (Å²) in [6, 6.07) is 9.41. The molecule has 0 saturated heterocycles. The van der Waals surface area contributed by atoms with Gasteiger partial charge in [0.05, 0.1) is 23.5 Å². The Bertz CT molecular complexity index is 1400. The number of carbonyl (C=O) groups is 1. The first-order chi connectivity index (χ1) is 17.4. The number of aryl methyl sites for hydroxylation is 1. The molecule has 14 heteroatoms. The zero-order valence-electron chi connectivity index (χ0n) is 19.1. The summed E-state index contributed by atoms with van der Waals surface area (Å²) in [7, 11) is 0. The fourth-order valence-electron chi connectivity index (χ4n) is 3.13. The van der Waals surface area contributed by atoms with Crippen LogP contribution >= 0.6 is 11.6 Å². The van der Waals surface area contributed by atoms with Crippen molar-refractivity contribution in [1.29, 1.82) is 0 Å². The first-order valence-electron chi connectivity index (χ1n) is 10.6. The molecule has 36 heavy (non-hydrogen) atoms. The molecule has 186 valence electrons. The number of aromatic nitrogens is 5. The zero-order chi connectivity index (χ0) is 25.7. The SMILES string of the molecule is CCOc1cc(C=NNC(=O)c2c(C)nnn2-c2nonc2N)ccc1OCc1c(F)cccc1Cl. The Morgan fingerprint density at radius 1 is 1.28 bits per heavy atom. The number of ether oxygens (including phenoxy) is 2. The molecule has 4 rings (SSSR count). The maximum Gasteiger partial charge on any atom is 0.292 e. The molecular formula is C22H20ClFN8O4. The van der Waals surface area contributed by atoms with Crippen molar-refractivity contribution >= 4 is 29.5 Å². The molecule has 0 aliphatic heterocycles. The van der Waals surface area contributed by atoms with Crippen molar-refractivity contribution in [2.24, 2.45) is 5.10 Å². The molecule has 0 aliphatic carbocycles. The Labute approximate surface area is 208 Å². The molecule has 0 atom stereocenters. The number of nitrogens with one attached hydrogen (secondary N) is 1. The third-order valence-electron chi connectivity index (χ3n) is 4.83.